The molecule has 0 bridgehead atoms. The predicted octanol–water partition coefficient (Wildman–Crippen LogP) is 5.15. The van der Waals surface area contributed by atoms with Crippen LogP contribution < -0.4 is 26.4 Å². The molecule has 3 aliphatic rings. The summed E-state index contributed by atoms with van der Waals surface area (Å²) in [4.78, 5) is 25.9. The normalized spacial score (nSPS) is 26.2. The number of nitrogen functional groups attached to an aromatic ring is 1. The molecule has 210 valence electrons. The molecule has 5 atom stereocenters. The van der Waals surface area contributed by atoms with Crippen LogP contribution in [-0.4, -0.2) is 38.2 Å². The molecule has 11 heteroatoms. The first-order valence-corrected chi connectivity index (χ1v) is 13.1. The number of nitrogens with one attached hydrogen (secondary N) is 3. The fraction of sp³-hybridized carbons (Fsp3) is 0.310. The first kappa shape index (κ1) is 28.2. The predicted molar refractivity (Wildman–Crippen MR) is 153 cm³/mol. The summed E-state index contributed by atoms with van der Waals surface area (Å²) in [6.07, 6.45) is 0.534. The molecule has 0 radical (unpaired) electrons. The lowest BCUT2D eigenvalue weighted by Gasteiger charge is -2.34. The fourth-order valence-electron chi connectivity index (χ4n) is 6.52. The van der Waals surface area contributed by atoms with Gasteiger partial charge in [-0.15, -0.1) is 0 Å². The van der Waals surface area contributed by atoms with Crippen LogP contribution >= 0.6 is 23.2 Å². The van der Waals surface area contributed by atoms with Gasteiger partial charge in [0.15, 0.2) is 5.75 Å². The number of amides is 1. The maximum absolute atomic E-state index is 15.6. The van der Waals surface area contributed by atoms with Crippen LogP contribution in [0.2, 0.25) is 10.0 Å². The van der Waals surface area contributed by atoms with Crippen LogP contribution in [0.15, 0.2) is 48.5 Å². The van der Waals surface area contributed by atoms with Crippen molar-refractivity contribution in [1.82, 2.24) is 10.6 Å². The van der Waals surface area contributed by atoms with Gasteiger partial charge in [-0.3, -0.25) is 10.1 Å². The van der Waals surface area contributed by atoms with Crippen molar-refractivity contribution < 1.29 is 23.5 Å². The maximum atomic E-state index is 15.6. The third-order valence-electron chi connectivity index (χ3n) is 8.10. The average Bonchev–Trinajstić information content (AvgIpc) is 3.54. The minimum atomic E-state index is -1.25. The zero-order valence-corrected chi connectivity index (χ0v) is 22.5. The molecule has 40 heavy (non-hydrogen) atoms. The number of benzene rings is 3. The second kappa shape index (κ2) is 10.2. The molecule has 3 aromatic carbocycles. The number of nitrogens with two attached hydrogens (primary N) is 1. The highest BCUT2D eigenvalue weighted by Gasteiger charge is 2.64. The van der Waals surface area contributed by atoms with Crippen LogP contribution in [0.5, 0.6) is 5.75 Å². The monoisotopic (exact) mass is 586 g/mol. The zero-order valence-electron chi connectivity index (χ0n) is 21.0. The molecule has 2 fully saturated rings. The van der Waals surface area contributed by atoms with Crippen molar-refractivity contribution in [1.29, 1.82) is 0 Å². The highest BCUT2D eigenvalue weighted by atomic mass is 35.5. The number of hydrogen-bond acceptors (Lipinski definition) is 7. The Hall–Kier alpha value is -3.37. The van der Waals surface area contributed by atoms with E-state index < -0.39 is 23.2 Å². The molecule has 0 aromatic heterocycles. The molecule has 3 heterocycles. The minimum Gasteiger partial charge on any atom is -0.494 e. The summed E-state index contributed by atoms with van der Waals surface area (Å²) in [6.45, 7) is 0. The molecule has 8 nitrogen and oxygen atoms in total. The summed E-state index contributed by atoms with van der Waals surface area (Å²) in [6, 6.07) is 12.5. The first-order valence-electron chi connectivity index (χ1n) is 12.3. The van der Waals surface area contributed by atoms with Crippen molar-refractivity contribution in [3.8, 4) is 5.75 Å². The Labute approximate surface area is 241 Å². The molecule has 3 aliphatic heterocycles. The van der Waals surface area contributed by atoms with E-state index in [0.29, 0.717) is 33.9 Å². The molecular formula is C29H29Cl2FN4O4. The third-order valence-corrected chi connectivity index (χ3v) is 8.63. The molecule has 0 aliphatic carbocycles. The molecule has 5 N–H and O–H groups in total. The van der Waals surface area contributed by atoms with Crippen molar-refractivity contribution in [3.05, 3.63) is 86.6 Å². The molecule has 1 spiro atoms. The van der Waals surface area contributed by atoms with Gasteiger partial charge in [0.25, 0.3) is 0 Å². The van der Waals surface area contributed by atoms with E-state index in [9.17, 15) is 9.59 Å². The highest BCUT2D eigenvalue weighted by molar-refractivity contribution is 6.31. The van der Waals surface area contributed by atoms with E-state index >= 15 is 4.39 Å². The van der Waals surface area contributed by atoms with Gasteiger partial charge in [-0.2, -0.15) is 0 Å². The zero-order chi connectivity index (χ0) is 27.6. The van der Waals surface area contributed by atoms with Crippen LogP contribution in [0.1, 0.15) is 52.9 Å². The number of halogens is 3. The molecule has 1 amide bonds. The Bertz CT molecular complexity index is 1540. The lowest BCUT2D eigenvalue weighted by atomic mass is 9.74. The number of carbonyl (C=O) groups excluding carboxylic acids is 2. The van der Waals surface area contributed by atoms with E-state index in [-0.39, 0.29) is 47.8 Å². The number of hydrogen-bond donors (Lipinski definition) is 4. The fourth-order valence-corrected chi connectivity index (χ4v) is 6.87. The van der Waals surface area contributed by atoms with Gasteiger partial charge < -0.3 is 25.8 Å². The summed E-state index contributed by atoms with van der Waals surface area (Å²) < 4.78 is 25.9. The quantitative estimate of drug-likeness (QED) is 0.247. The van der Waals surface area contributed by atoms with Crippen LogP contribution in [0.4, 0.5) is 15.8 Å². The van der Waals surface area contributed by atoms with Gasteiger partial charge in [-0.25, -0.2) is 9.18 Å². The largest absolute Gasteiger partial charge is 0.494 e. The Morgan fingerprint density at radius 1 is 1.12 bits per heavy atom. The van der Waals surface area contributed by atoms with Gasteiger partial charge in [-0.1, -0.05) is 54.9 Å². The second-order valence-corrected chi connectivity index (χ2v) is 10.8. The standard InChI is InChI=1S/C28H25Cl2FN4O4.CH4/c1-38-25-15(26(36)39-2)8-7-13(23(25)32)18-11-20-24(33-18)21(14-4-3-5-17(30)22(14)31)28(35-20)16-9-6-12(29)10-19(16)34-27(28)37;/h3-10,18,20-21,24,33,35H,11,32H2,1-2H3,(H,34,37);1H4/t18?,20-,21-,24+,28+;/m0./s1. The molecule has 0 saturated carbocycles. The van der Waals surface area contributed by atoms with Gasteiger partial charge in [0.2, 0.25) is 5.91 Å². The van der Waals surface area contributed by atoms with Gasteiger partial charge in [0.05, 0.1) is 24.9 Å². The van der Waals surface area contributed by atoms with Gasteiger partial charge in [0, 0.05) is 40.3 Å². The SMILES string of the molecule is C.COC(=O)c1ccc(C2C[C@@H]3N[C@@]4(C(=O)Nc5cc(Cl)ccc54)[C@@H](c4cccc(Cl)c4F)[C@@H]3N2)c(N)c1OC. The van der Waals surface area contributed by atoms with E-state index in [0.717, 1.165) is 5.56 Å². The van der Waals surface area contributed by atoms with Crippen molar-refractivity contribution in [3.63, 3.8) is 0 Å². The van der Waals surface area contributed by atoms with Crippen molar-refractivity contribution in [2.75, 3.05) is 25.3 Å². The van der Waals surface area contributed by atoms with Gasteiger partial charge in [0.1, 0.15) is 16.9 Å². The topological polar surface area (TPSA) is 115 Å². The van der Waals surface area contributed by atoms with E-state index in [4.69, 9.17) is 38.4 Å². The number of anilines is 2. The van der Waals surface area contributed by atoms with Crippen LogP contribution in [0.3, 0.4) is 0 Å². The number of esters is 1. The number of fused-ring (bicyclic) bond motifs is 3. The van der Waals surface area contributed by atoms with E-state index in [1.807, 2.05) is 0 Å². The lowest BCUT2D eigenvalue weighted by molar-refractivity contribution is -0.122. The molecule has 1 unspecified atom stereocenters. The molecular weight excluding hydrogens is 558 g/mol. The molecule has 3 aromatic rings. The summed E-state index contributed by atoms with van der Waals surface area (Å²) in [5, 5.41) is 10.6. The lowest BCUT2D eigenvalue weighted by Crippen LogP contribution is -2.50. The average molecular weight is 587 g/mol. The number of rotatable bonds is 4. The van der Waals surface area contributed by atoms with Gasteiger partial charge in [-0.05, 0) is 41.8 Å². The number of carbonyl (C=O) groups is 2. The van der Waals surface area contributed by atoms with Crippen molar-refractivity contribution in [2.24, 2.45) is 0 Å². The van der Waals surface area contributed by atoms with Crippen molar-refractivity contribution >= 4 is 46.5 Å². The van der Waals surface area contributed by atoms with Crippen molar-refractivity contribution in [2.45, 2.75) is 43.4 Å². The summed E-state index contributed by atoms with van der Waals surface area (Å²) in [5.74, 6) is -1.87. The second-order valence-electron chi connectivity index (χ2n) is 9.95. The summed E-state index contributed by atoms with van der Waals surface area (Å²) in [7, 11) is 2.72. The van der Waals surface area contributed by atoms with E-state index in [1.54, 1.807) is 42.5 Å². The van der Waals surface area contributed by atoms with Crippen LogP contribution in [-0.2, 0) is 15.1 Å². The van der Waals surface area contributed by atoms with E-state index in [1.165, 1.54) is 20.3 Å². The maximum Gasteiger partial charge on any atom is 0.341 e. The molecule has 2 saturated heterocycles. The Morgan fingerprint density at radius 2 is 1.90 bits per heavy atom. The smallest absolute Gasteiger partial charge is 0.341 e. The number of ether oxygens (including phenoxy) is 2. The Balaban J connectivity index is 0.00000323. The van der Waals surface area contributed by atoms with Crippen LogP contribution in [0, 0.1) is 5.82 Å². The third kappa shape index (κ3) is 3.95. The summed E-state index contributed by atoms with van der Waals surface area (Å²) in [5.41, 5.74) is 8.05. The molecule has 6 rings (SSSR count). The summed E-state index contributed by atoms with van der Waals surface area (Å²) >= 11 is 12.4. The van der Waals surface area contributed by atoms with Gasteiger partial charge >= 0.3 is 5.97 Å². The van der Waals surface area contributed by atoms with E-state index in [2.05, 4.69) is 16.0 Å². The highest BCUT2D eigenvalue weighted by Crippen LogP contribution is 2.56. The first-order chi connectivity index (χ1) is 18.7. The minimum absolute atomic E-state index is 0. The Kier molecular flexibility index (Phi) is 7.20. The number of methoxy groups -OCH3 is 2. The Morgan fingerprint density at radius 3 is 2.62 bits per heavy atom. The van der Waals surface area contributed by atoms with Crippen LogP contribution in [0.25, 0.3) is 0 Å².